The molecule has 0 saturated heterocycles. The van der Waals surface area contributed by atoms with Crippen LogP contribution in [0.25, 0.3) is 6.08 Å². The predicted molar refractivity (Wildman–Crippen MR) is 171 cm³/mol. The maximum Gasteiger partial charge on any atom is 0.331 e. The van der Waals surface area contributed by atoms with E-state index in [0.717, 1.165) is 66.3 Å². The summed E-state index contributed by atoms with van der Waals surface area (Å²) in [5.41, 5.74) is 3.09. The number of rotatable bonds is 9. The fraction of sp³-hybridized carbons (Fsp3) is 0.711. The average molecular weight is 577 g/mol. The Morgan fingerprint density at radius 2 is 1.83 bits per heavy atom. The van der Waals surface area contributed by atoms with Gasteiger partial charge in [-0.2, -0.15) is 0 Å². The molecule has 0 unspecified atom stereocenters. The first-order valence-corrected chi connectivity index (χ1v) is 16.9. The molecule has 4 aliphatic rings. The molecule has 232 valence electrons. The Morgan fingerprint density at radius 1 is 1.05 bits per heavy atom. The molecule has 5 rings (SSSR count). The minimum Gasteiger partial charge on any atom is -0.504 e. The second kappa shape index (κ2) is 12.4. The van der Waals surface area contributed by atoms with Crippen LogP contribution in [0.3, 0.4) is 0 Å². The highest BCUT2D eigenvalue weighted by atomic mass is 16.5. The fourth-order valence-electron chi connectivity index (χ4n) is 9.93. The van der Waals surface area contributed by atoms with Crippen LogP contribution < -0.4 is 4.74 Å². The molecule has 3 fully saturated rings. The quantitative estimate of drug-likeness (QED) is 0.181. The summed E-state index contributed by atoms with van der Waals surface area (Å²) in [5, 5.41) is 9.81. The van der Waals surface area contributed by atoms with Gasteiger partial charge in [0.05, 0.1) is 7.11 Å². The smallest absolute Gasteiger partial charge is 0.331 e. The summed E-state index contributed by atoms with van der Waals surface area (Å²) in [6.07, 6.45) is 18.3. The molecule has 9 atom stereocenters. The highest BCUT2D eigenvalue weighted by Crippen LogP contribution is 2.67. The largest absolute Gasteiger partial charge is 0.504 e. The fourth-order valence-corrected chi connectivity index (χ4v) is 9.93. The van der Waals surface area contributed by atoms with Gasteiger partial charge in [0, 0.05) is 12.5 Å². The van der Waals surface area contributed by atoms with Gasteiger partial charge in [0.25, 0.3) is 0 Å². The van der Waals surface area contributed by atoms with E-state index in [-0.39, 0.29) is 23.2 Å². The Bertz CT molecular complexity index is 1180. The molecule has 1 N–H and O–H groups in total. The maximum atomic E-state index is 12.7. The second-order valence-corrected chi connectivity index (χ2v) is 15.3. The van der Waals surface area contributed by atoms with E-state index in [9.17, 15) is 9.90 Å². The summed E-state index contributed by atoms with van der Waals surface area (Å²) in [7, 11) is 1.52. The van der Waals surface area contributed by atoms with E-state index in [1.54, 1.807) is 29.8 Å². The van der Waals surface area contributed by atoms with Crippen LogP contribution in [0.2, 0.25) is 0 Å². The number of phenolic OH excluding ortho intramolecular Hbond substituents is 1. The van der Waals surface area contributed by atoms with Crippen LogP contribution in [0.15, 0.2) is 35.9 Å². The van der Waals surface area contributed by atoms with Crippen molar-refractivity contribution in [3.8, 4) is 11.5 Å². The number of benzene rings is 1. The molecule has 0 bridgehead atoms. The van der Waals surface area contributed by atoms with Gasteiger partial charge in [-0.1, -0.05) is 72.1 Å². The molecule has 0 heterocycles. The van der Waals surface area contributed by atoms with E-state index in [1.165, 1.54) is 58.1 Å². The lowest BCUT2D eigenvalue weighted by molar-refractivity contribution is -0.145. The van der Waals surface area contributed by atoms with E-state index in [1.807, 2.05) is 0 Å². The second-order valence-electron chi connectivity index (χ2n) is 15.3. The van der Waals surface area contributed by atoms with Crippen molar-refractivity contribution < 1.29 is 19.4 Å². The number of methoxy groups -OCH3 is 1. The summed E-state index contributed by atoms with van der Waals surface area (Å²) in [5.74, 6) is 5.94. The highest BCUT2D eigenvalue weighted by Gasteiger charge is 2.59. The van der Waals surface area contributed by atoms with E-state index in [4.69, 9.17) is 9.47 Å². The van der Waals surface area contributed by atoms with Gasteiger partial charge < -0.3 is 14.6 Å². The molecule has 42 heavy (non-hydrogen) atoms. The van der Waals surface area contributed by atoms with E-state index in [2.05, 4.69) is 47.6 Å². The van der Waals surface area contributed by atoms with Crippen molar-refractivity contribution in [2.75, 3.05) is 7.11 Å². The van der Waals surface area contributed by atoms with Crippen molar-refractivity contribution in [2.45, 2.75) is 112 Å². The van der Waals surface area contributed by atoms with E-state index >= 15 is 0 Å². The number of hydrogen-bond donors (Lipinski definition) is 1. The van der Waals surface area contributed by atoms with Crippen molar-refractivity contribution in [1.29, 1.82) is 0 Å². The Labute approximate surface area is 255 Å². The van der Waals surface area contributed by atoms with Crippen LogP contribution in [0.1, 0.15) is 111 Å². The van der Waals surface area contributed by atoms with E-state index in [0.29, 0.717) is 11.2 Å². The Kier molecular flexibility index (Phi) is 9.22. The third kappa shape index (κ3) is 5.93. The number of fused-ring (bicyclic) bond motifs is 5. The monoisotopic (exact) mass is 576 g/mol. The minimum atomic E-state index is -0.299. The van der Waals surface area contributed by atoms with Crippen molar-refractivity contribution in [3.63, 3.8) is 0 Å². The number of esters is 1. The molecule has 0 amide bonds. The van der Waals surface area contributed by atoms with Crippen LogP contribution in [0.5, 0.6) is 11.5 Å². The molecule has 0 aliphatic heterocycles. The van der Waals surface area contributed by atoms with Crippen molar-refractivity contribution in [3.05, 3.63) is 41.5 Å². The van der Waals surface area contributed by atoms with E-state index < -0.39 is 0 Å². The lowest BCUT2D eigenvalue weighted by atomic mass is 9.47. The molecular weight excluding hydrogens is 520 g/mol. The van der Waals surface area contributed by atoms with Crippen LogP contribution in [-0.4, -0.2) is 24.3 Å². The lowest BCUT2D eigenvalue weighted by Gasteiger charge is -2.58. The Balaban J connectivity index is 1.21. The standard InChI is InChI=1S/C38H56O4/c1-24(2)25(3)8-9-26(4)31-14-15-32-30-13-12-28-23-29(18-20-37(28,5)33(30)19-21-38(31,32)6)42-36(40)17-11-27-10-16-34(39)35(22-27)41-7/h10-12,16-17,22,24-26,29-33,39H,8-9,13-15,18-21,23H2,1-7H3/b17-11-/t25-,26-,29+,30+,31-,32+,33+,37+,38-/m1/s1. The molecule has 4 aliphatic carbocycles. The van der Waals surface area contributed by atoms with Gasteiger partial charge in [-0.25, -0.2) is 4.79 Å². The van der Waals surface area contributed by atoms with Crippen LogP contribution in [0, 0.1) is 52.3 Å². The van der Waals surface area contributed by atoms with Gasteiger partial charge in [-0.05, 0) is 121 Å². The van der Waals surface area contributed by atoms with Gasteiger partial charge >= 0.3 is 5.97 Å². The topological polar surface area (TPSA) is 55.8 Å². The number of aromatic hydroxyl groups is 1. The number of hydrogen-bond acceptors (Lipinski definition) is 4. The molecule has 1 aromatic rings. The van der Waals surface area contributed by atoms with Crippen LogP contribution in [-0.2, 0) is 9.53 Å². The average Bonchev–Trinajstić information content (AvgIpc) is 3.32. The van der Waals surface area contributed by atoms with Gasteiger partial charge in [-0.3, -0.25) is 0 Å². The third-order valence-corrected chi connectivity index (χ3v) is 12.9. The predicted octanol–water partition coefficient (Wildman–Crippen LogP) is 9.61. The summed E-state index contributed by atoms with van der Waals surface area (Å²) in [6, 6.07) is 5.04. The van der Waals surface area contributed by atoms with Gasteiger partial charge in [-0.15, -0.1) is 0 Å². The number of allylic oxidation sites excluding steroid dienone is 1. The first-order valence-electron chi connectivity index (χ1n) is 16.9. The first-order chi connectivity index (χ1) is 20.0. The molecule has 3 saturated carbocycles. The number of carbonyl (C=O) groups excluding carboxylic acids is 1. The molecule has 4 nitrogen and oxygen atoms in total. The third-order valence-electron chi connectivity index (χ3n) is 12.9. The zero-order valence-corrected chi connectivity index (χ0v) is 27.3. The Morgan fingerprint density at radius 3 is 2.57 bits per heavy atom. The molecular formula is C38H56O4. The number of ether oxygens (including phenoxy) is 2. The highest BCUT2D eigenvalue weighted by molar-refractivity contribution is 5.87. The summed E-state index contributed by atoms with van der Waals surface area (Å²) in [4.78, 5) is 12.7. The molecule has 0 radical (unpaired) electrons. The molecule has 1 aromatic carbocycles. The Hall–Kier alpha value is -2.23. The maximum absolute atomic E-state index is 12.7. The lowest BCUT2D eigenvalue weighted by Crippen LogP contribution is -2.51. The zero-order valence-electron chi connectivity index (χ0n) is 27.3. The van der Waals surface area contributed by atoms with Crippen LogP contribution in [0.4, 0.5) is 0 Å². The minimum absolute atomic E-state index is 0.0498. The van der Waals surface area contributed by atoms with Gasteiger partial charge in [0.15, 0.2) is 11.5 Å². The SMILES string of the molecule is COc1cc(/C=C\C(=O)O[C@H]2CC[C@@]3(C)C(=CC[C@H]4[C@@H]5CC[C@H]([C@H](C)CC[C@@H](C)C(C)C)[C@@]5(C)CC[C@@H]43)C2)ccc1O. The van der Waals surface area contributed by atoms with Crippen molar-refractivity contribution >= 4 is 12.0 Å². The molecule has 0 aromatic heterocycles. The summed E-state index contributed by atoms with van der Waals surface area (Å²) >= 11 is 0. The molecule has 0 spiro atoms. The number of phenols is 1. The van der Waals surface area contributed by atoms with Crippen LogP contribution >= 0.6 is 0 Å². The van der Waals surface area contributed by atoms with Crippen molar-refractivity contribution in [1.82, 2.24) is 0 Å². The normalized spacial score (nSPS) is 35.6. The van der Waals surface area contributed by atoms with Gasteiger partial charge in [0.1, 0.15) is 6.10 Å². The molecule has 4 heteroatoms. The van der Waals surface area contributed by atoms with Gasteiger partial charge in [0.2, 0.25) is 0 Å². The summed E-state index contributed by atoms with van der Waals surface area (Å²) in [6.45, 7) is 15.0. The van der Waals surface area contributed by atoms with Crippen molar-refractivity contribution in [2.24, 2.45) is 52.3 Å². The number of carbonyl (C=O) groups is 1. The zero-order chi connectivity index (χ0) is 30.2. The summed E-state index contributed by atoms with van der Waals surface area (Å²) < 4.78 is 11.1. The first kappa shape index (κ1) is 31.2.